The van der Waals surface area contributed by atoms with Crippen LogP contribution in [0.2, 0.25) is 0 Å². The first kappa shape index (κ1) is 12.6. The minimum atomic E-state index is -1.07. The van der Waals surface area contributed by atoms with Gasteiger partial charge in [0.05, 0.1) is 11.1 Å². The van der Waals surface area contributed by atoms with Gasteiger partial charge < -0.3 is 10.8 Å². The molecule has 1 fully saturated rings. The van der Waals surface area contributed by atoms with E-state index < -0.39 is 11.6 Å². The highest BCUT2D eigenvalue weighted by Crippen LogP contribution is 2.40. The van der Waals surface area contributed by atoms with E-state index in [1.54, 1.807) is 23.9 Å². The molecule has 2 rings (SSSR count). The van der Waals surface area contributed by atoms with Crippen LogP contribution in [0.3, 0.4) is 0 Å². The van der Waals surface area contributed by atoms with Gasteiger partial charge in [0, 0.05) is 5.75 Å². The smallest absolute Gasteiger partial charge is 0.354 e. The molecule has 1 aliphatic rings. The van der Waals surface area contributed by atoms with Gasteiger partial charge in [-0.25, -0.2) is 9.78 Å². The molecule has 2 unspecified atom stereocenters. The van der Waals surface area contributed by atoms with Crippen LogP contribution in [-0.4, -0.2) is 31.6 Å². The standard InChI is InChI=1S/C10H12ClN3O2S/c1-6-14(11)10(12,5-17-6)8-4-2-3-7(13-8)9(15)16/h2-4,6H,5,12H2,1H3,(H,15,16). The molecule has 0 bridgehead atoms. The number of nitrogens with two attached hydrogens (primary N) is 1. The van der Waals surface area contributed by atoms with Crippen LogP contribution in [0.5, 0.6) is 0 Å². The molecule has 1 saturated heterocycles. The first-order valence-electron chi connectivity index (χ1n) is 5.01. The quantitative estimate of drug-likeness (QED) is 0.794. The normalized spacial score (nSPS) is 29.5. The second-order valence-electron chi connectivity index (χ2n) is 3.86. The van der Waals surface area contributed by atoms with E-state index >= 15 is 0 Å². The molecule has 0 spiro atoms. The van der Waals surface area contributed by atoms with Gasteiger partial charge in [-0.15, -0.1) is 11.8 Å². The van der Waals surface area contributed by atoms with Crippen molar-refractivity contribution in [2.24, 2.45) is 5.73 Å². The Kier molecular flexibility index (Phi) is 3.31. The van der Waals surface area contributed by atoms with E-state index in [0.29, 0.717) is 11.4 Å². The number of carbonyl (C=O) groups is 1. The number of halogens is 1. The fraction of sp³-hybridized carbons (Fsp3) is 0.400. The first-order chi connectivity index (χ1) is 7.95. The van der Waals surface area contributed by atoms with Gasteiger partial charge in [-0.2, -0.15) is 4.42 Å². The molecule has 0 aliphatic carbocycles. The van der Waals surface area contributed by atoms with Crippen molar-refractivity contribution >= 4 is 29.5 Å². The van der Waals surface area contributed by atoms with Gasteiger partial charge in [-0.05, 0) is 30.8 Å². The average molecular weight is 274 g/mol. The average Bonchev–Trinajstić information content (AvgIpc) is 2.59. The van der Waals surface area contributed by atoms with Crippen molar-refractivity contribution in [3.8, 4) is 0 Å². The Balaban J connectivity index is 2.40. The maximum absolute atomic E-state index is 10.9. The Bertz CT molecular complexity index is 459. The van der Waals surface area contributed by atoms with Crippen molar-refractivity contribution in [3.63, 3.8) is 0 Å². The SMILES string of the molecule is CC1SCC(N)(c2cccc(C(=O)O)n2)N1Cl. The van der Waals surface area contributed by atoms with E-state index in [1.165, 1.54) is 10.5 Å². The van der Waals surface area contributed by atoms with Crippen LogP contribution in [0.1, 0.15) is 23.1 Å². The highest BCUT2D eigenvalue weighted by Gasteiger charge is 2.44. The Morgan fingerprint density at radius 2 is 2.47 bits per heavy atom. The molecule has 0 saturated carbocycles. The Hall–Kier alpha value is -0.820. The molecule has 3 N–H and O–H groups in total. The summed E-state index contributed by atoms with van der Waals surface area (Å²) in [5.41, 5.74) is 5.73. The minimum absolute atomic E-state index is 0.0260. The van der Waals surface area contributed by atoms with Gasteiger partial charge in [0.15, 0.2) is 0 Å². The van der Waals surface area contributed by atoms with Crippen molar-refractivity contribution in [2.75, 3.05) is 5.75 Å². The van der Waals surface area contributed by atoms with Crippen LogP contribution in [0.4, 0.5) is 0 Å². The van der Waals surface area contributed by atoms with Crippen molar-refractivity contribution in [1.29, 1.82) is 0 Å². The third-order valence-electron chi connectivity index (χ3n) is 2.66. The summed E-state index contributed by atoms with van der Waals surface area (Å²) in [7, 11) is 0. The Morgan fingerprint density at radius 3 is 3.00 bits per heavy atom. The number of aromatic carboxylic acids is 1. The molecular formula is C10H12ClN3O2S. The van der Waals surface area contributed by atoms with E-state index in [9.17, 15) is 4.79 Å². The zero-order valence-corrected chi connectivity index (χ0v) is 10.7. The van der Waals surface area contributed by atoms with Gasteiger partial charge in [0.2, 0.25) is 0 Å². The van der Waals surface area contributed by atoms with Crippen molar-refractivity contribution in [2.45, 2.75) is 18.0 Å². The molecule has 5 nitrogen and oxygen atoms in total. The maximum atomic E-state index is 10.9. The lowest BCUT2D eigenvalue weighted by molar-refractivity contribution is 0.0689. The van der Waals surface area contributed by atoms with Crippen LogP contribution in [0.15, 0.2) is 18.2 Å². The lowest BCUT2D eigenvalue weighted by Crippen LogP contribution is -2.48. The number of pyridine rings is 1. The number of hydrogen-bond acceptors (Lipinski definition) is 5. The molecule has 0 radical (unpaired) electrons. The first-order valence-corrected chi connectivity index (χ1v) is 6.40. The minimum Gasteiger partial charge on any atom is -0.477 e. The summed E-state index contributed by atoms with van der Waals surface area (Å²) in [5, 5.41) is 8.97. The topological polar surface area (TPSA) is 79.5 Å². The molecule has 0 amide bonds. The number of aromatic nitrogens is 1. The molecule has 17 heavy (non-hydrogen) atoms. The zero-order valence-electron chi connectivity index (χ0n) is 9.13. The molecule has 1 aromatic heterocycles. The van der Waals surface area contributed by atoms with Crippen molar-refractivity contribution in [3.05, 3.63) is 29.6 Å². The molecule has 7 heteroatoms. The van der Waals surface area contributed by atoms with Crippen molar-refractivity contribution < 1.29 is 9.90 Å². The molecule has 0 aromatic carbocycles. The van der Waals surface area contributed by atoms with Gasteiger partial charge in [0.1, 0.15) is 11.4 Å². The summed E-state index contributed by atoms with van der Waals surface area (Å²) < 4.78 is 1.49. The lowest BCUT2D eigenvalue weighted by atomic mass is 10.1. The monoisotopic (exact) mass is 273 g/mol. The van der Waals surface area contributed by atoms with E-state index in [0.717, 1.165) is 0 Å². The number of carboxylic acids is 1. The van der Waals surface area contributed by atoms with E-state index in [2.05, 4.69) is 4.98 Å². The molecule has 92 valence electrons. The predicted molar refractivity (Wildman–Crippen MR) is 66.7 cm³/mol. The summed E-state index contributed by atoms with van der Waals surface area (Å²) in [6.45, 7) is 1.94. The Morgan fingerprint density at radius 1 is 1.76 bits per heavy atom. The highest BCUT2D eigenvalue weighted by molar-refractivity contribution is 8.00. The molecule has 2 atom stereocenters. The lowest BCUT2D eigenvalue weighted by Gasteiger charge is -2.29. The molecule has 2 heterocycles. The van der Waals surface area contributed by atoms with Crippen LogP contribution in [-0.2, 0) is 5.66 Å². The summed E-state index contributed by atoms with van der Waals surface area (Å²) in [4.78, 5) is 14.9. The Labute approximate surface area is 108 Å². The van der Waals surface area contributed by atoms with Crippen LogP contribution in [0.25, 0.3) is 0 Å². The van der Waals surface area contributed by atoms with Gasteiger partial charge in [-0.1, -0.05) is 6.07 Å². The van der Waals surface area contributed by atoms with Crippen LogP contribution in [0, 0.1) is 0 Å². The van der Waals surface area contributed by atoms with Crippen LogP contribution < -0.4 is 5.73 Å². The summed E-state index contributed by atoms with van der Waals surface area (Å²) >= 11 is 7.74. The maximum Gasteiger partial charge on any atom is 0.354 e. The van der Waals surface area contributed by atoms with Crippen molar-refractivity contribution in [1.82, 2.24) is 9.40 Å². The van der Waals surface area contributed by atoms with E-state index in [-0.39, 0.29) is 11.1 Å². The second-order valence-corrected chi connectivity index (χ2v) is 5.53. The summed E-state index contributed by atoms with van der Waals surface area (Å²) in [6.07, 6.45) is 0. The fourth-order valence-electron chi connectivity index (χ4n) is 1.68. The third-order valence-corrected chi connectivity index (χ3v) is 4.67. The predicted octanol–water partition coefficient (Wildman–Crippen LogP) is 1.44. The number of hydrogen-bond donors (Lipinski definition) is 2. The number of rotatable bonds is 2. The number of carboxylic acid groups (broad SMARTS) is 1. The van der Waals surface area contributed by atoms with Gasteiger partial charge in [0.25, 0.3) is 0 Å². The third kappa shape index (κ3) is 2.13. The van der Waals surface area contributed by atoms with Gasteiger partial charge >= 0.3 is 5.97 Å². The summed E-state index contributed by atoms with van der Waals surface area (Å²) in [6, 6.07) is 4.75. The van der Waals surface area contributed by atoms with Crippen LogP contribution >= 0.6 is 23.5 Å². The molecular weight excluding hydrogens is 262 g/mol. The highest BCUT2D eigenvalue weighted by atomic mass is 35.5. The van der Waals surface area contributed by atoms with Gasteiger partial charge in [-0.3, -0.25) is 0 Å². The zero-order chi connectivity index (χ0) is 12.6. The fourth-order valence-corrected chi connectivity index (χ4v) is 3.16. The summed E-state index contributed by atoms with van der Waals surface area (Å²) in [5.74, 6) is -0.497. The number of nitrogens with zero attached hydrogens (tertiary/aromatic N) is 2. The molecule has 1 aromatic rings. The molecule has 1 aliphatic heterocycles. The second kappa shape index (κ2) is 4.45. The number of thioether (sulfide) groups is 1. The van der Waals surface area contributed by atoms with E-state index in [4.69, 9.17) is 22.6 Å². The largest absolute Gasteiger partial charge is 0.477 e. The van der Waals surface area contributed by atoms with E-state index in [1.807, 2.05) is 6.92 Å².